The minimum Gasteiger partial charge on any atom is -0.268 e. The molecule has 0 fully saturated rings. The molecular formula is C16H23N7O2S. The van der Waals surface area contributed by atoms with Gasteiger partial charge in [-0.25, -0.2) is 17.9 Å². The summed E-state index contributed by atoms with van der Waals surface area (Å²) in [5, 5.41) is 8.52. The highest BCUT2D eigenvalue weighted by Crippen LogP contribution is 2.18. The second-order valence-corrected chi connectivity index (χ2v) is 8.18. The molecule has 26 heavy (non-hydrogen) atoms. The van der Waals surface area contributed by atoms with Gasteiger partial charge in [0.2, 0.25) is 10.0 Å². The van der Waals surface area contributed by atoms with Gasteiger partial charge < -0.3 is 0 Å². The summed E-state index contributed by atoms with van der Waals surface area (Å²) in [7, 11) is -3.40. The smallest absolute Gasteiger partial charge is 0.252 e. The number of hydrogen-bond donors (Lipinski definition) is 0. The monoisotopic (exact) mass is 377 g/mol. The second kappa shape index (κ2) is 7.40. The first-order chi connectivity index (χ1) is 12.4. The molecule has 3 heterocycles. The van der Waals surface area contributed by atoms with Crippen LogP contribution in [0, 0.1) is 6.92 Å². The molecule has 0 radical (unpaired) electrons. The summed E-state index contributed by atoms with van der Waals surface area (Å²) in [5.41, 5.74) is 1.93. The zero-order valence-electron chi connectivity index (χ0n) is 15.2. The van der Waals surface area contributed by atoms with Crippen molar-refractivity contribution in [2.45, 2.75) is 39.7 Å². The van der Waals surface area contributed by atoms with Crippen LogP contribution in [0.25, 0.3) is 5.78 Å². The van der Waals surface area contributed by atoms with Crippen molar-refractivity contribution < 1.29 is 8.42 Å². The van der Waals surface area contributed by atoms with Gasteiger partial charge >= 0.3 is 0 Å². The number of hydrogen-bond acceptors (Lipinski definition) is 6. The van der Waals surface area contributed by atoms with Crippen LogP contribution < -0.4 is 4.31 Å². The Bertz CT molecular complexity index is 993. The topological polar surface area (TPSA) is 98.3 Å². The highest BCUT2D eigenvalue weighted by Gasteiger charge is 2.20. The summed E-state index contributed by atoms with van der Waals surface area (Å²) in [6.45, 7) is 5.13. The lowest BCUT2D eigenvalue weighted by atomic mass is 10.2. The van der Waals surface area contributed by atoms with E-state index in [-0.39, 0.29) is 0 Å². The van der Waals surface area contributed by atoms with Crippen molar-refractivity contribution in [3.05, 3.63) is 36.0 Å². The molecule has 9 nitrogen and oxygen atoms in total. The molecule has 0 spiro atoms. The van der Waals surface area contributed by atoms with Crippen molar-refractivity contribution in [1.82, 2.24) is 29.4 Å². The van der Waals surface area contributed by atoms with Gasteiger partial charge in [-0.1, -0.05) is 6.92 Å². The van der Waals surface area contributed by atoms with E-state index in [9.17, 15) is 8.42 Å². The normalized spacial score (nSPS) is 12.0. The van der Waals surface area contributed by atoms with Crippen LogP contribution >= 0.6 is 0 Å². The van der Waals surface area contributed by atoms with E-state index < -0.39 is 10.0 Å². The summed E-state index contributed by atoms with van der Waals surface area (Å²) in [4.78, 5) is 8.23. The molecule has 140 valence electrons. The van der Waals surface area contributed by atoms with Crippen LogP contribution in [0.15, 0.2) is 24.8 Å². The van der Waals surface area contributed by atoms with E-state index in [0.717, 1.165) is 24.2 Å². The molecule has 0 unspecified atom stereocenters. The number of sulfonamides is 1. The highest BCUT2D eigenvalue weighted by atomic mass is 32.2. The predicted octanol–water partition coefficient (Wildman–Crippen LogP) is 1.44. The van der Waals surface area contributed by atoms with Crippen molar-refractivity contribution in [2.24, 2.45) is 0 Å². The minimum atomic E-state index is -3.40. The Morgan fingerprint density at radius 2 is 2.08 bits per heavy atom. The standard InChI is InChI=1S/C16H23N7O2S/c1-4-7-21-13(2)9-15(20-21)23(26(3,24)25)8-5-6-14-10-17-16-18-12-19-22(16)11-14/h9-12H,4-8H2,1-3H3. The Balaban J connectivity index is 1.71. The van der Waals surface area contributed by atoms with E-state index in [1.807, 2.05) is 23.9 Å². The quantitative estimate of drug-likeness (QED) is 0.589. The molecule has 0 bridgehead atoms. The van der Waals surface area contributed by atoms with E-state index in [2.05, 4.69) is 27.1 Å². The average Bonchev–Trinajstić information content (AvgIpc) is 3.17. The van der Waals surface area contributed by atoms with Gasteiger partial charge in [0.15, 0.2) is 5.82 Å². The van der Waals surface area contributed by atoms with Gasteiger partial charge in [-0.3, -0.25) is 8.99 Å². The van der Waals surface area contributed by atoms with Crippen LogP contribution in [0.4, 0.5) is 5.82 Å². The van der Waals surface area contributed by atoms with Gasteiger partial charge in [0.25, 0.3) is 5.78 Å². The van der Waals surface area contributed by atoms with E-state index in [4.69, 9.17) is 0 Å². The fourth-order valence-corrected chi connectivity index (χ4v) is 3.71. The van der Waals surface area contributed by atoms with Gasteiger partial charge in [-0.15, -0.1) is 0 Å². The number of aryl methyl sites for hydroxylation is 3. The number of aromatic nitrogens is 6. The van der Waals surface area contributed by atoms with Crippen LogP contribution in [0.5, 0.6) is 0 Å². The Morgan fingerprint density at radius 1 is 1.27 bits per heavy atom. The van der Waals surface area contributed by atoms with E-state index in [1.165, 1.54) is 16.9 Å². The van der Waals surface area contributed by atoms with E-state index in [0.29, 0.717) is 31.0 Å². The van der Waals surface area contributed by atoms with E-state index in [1.54, 1.807) is 10.7 Å². The molecule has 0 aromatic carbocycles. The van der Waals surface area contributed by atoms with Gasteiger partial charge in [0, 0.05) is 37.2 Å². The maximum atomic E-state index is 12.2. The lowest BCUT2D eigenvalue weighted by Gasteiger charge is -2.19. The molecule has 3 aromatic heterocycles. The van der Waals surface area contributed by atoms with Crippen LogP contribution in [-0.4, -0.2) is 50.6 Å². The molecule has 3 aromatic rings. The minimum absolute atomic E-state index is 0.358. The highest BCUT2D eigenvalue weighted by molar-refractivity contribution is 7.92. The molecule has 0 N–H and O–H groups in total. The third-order valence-corrected chi connectivity index (χ3v) is 5.24. The fraction of sp³-hybridized carbons (Fsp3) is 0.500. The SMILES string of the molecule is CCCn1nc(N(CCCc2cnc3ncnn3c2)S(C)(=O)=O)cc1C. The van der Waals surface area contributed by atoms with Crippen molar-refractivity contribution in [1.29, 1.82) is 0 Å². The molecule has 3 rings (SSSR count). The van der Waals surface area contributed by atoms with Crippen LogP contribution in [0.2, 0.25) is 0 Å². The van der Waals surface area contributed by atoms with Crippen molar-refractivity contribution >= 4 is 21.6 Å². The average molecular weight is 377 g/mol. The largest absolute Gasteiger partial charge is 0.268 e. The van der Waals surface area contributed by atoms with Gasteiger partial charge in [-0.05, 0) is 31.7 Å². The first-order valence-corrected chi connectivity index (χ1v) is 10.4. The Kier molecular flexibility index (Phi) is 5.21. The summed E-state index contributed by atoms with van der Waals surface area (Å²) in [5.74, 6) is 1.02. The second-order valence-electron chi connectivity index (χ2n) is 6.27. The molecule has 0 atom stereocenters. The molecule has 0 saturated heterocycles. The summed E-state index contributed by atoms with van der Waals surface area (Å²) >= 11 is 0. The van der Waals surface area contributed by atoms with Crippen molar-refractivity contribution in [3.63, 3.8) is 0 Å². The summed E-state index contributed by atoms with van der Waals surface area (Å²) < 4.78 is 29.3. The Morgan fingerprint density at radius 3 is 2.81 bits per heavy atom. The molecule has 0 aliphatic carbocycles. The number of anilines is 1. The Hall–Kier alpha value is -2.49. The maximum absolute atomic E-state index is 12.2. The van der Waals surface area contributed by atoms with Crippen LogP contribution in [-0.2, 0) is 23.0 Å². The Labute approximate surface area is 152 Å². The first kappa shape index (κ1) is 18.3. The molecule has 0 amide bonds. The van der Waals surface area contributed by atoms with Crippen molar-refractivity contribution in [3.8, 4) is 0 Å². The zero-order chi connectivity index (χ0) is 18.7. The maximum Gasteiger partial charge on any atom is 0.252 e. The molecule has 0 aliphatic rings. The van der Waals surface area contributed by atoms with Crippen molar-refractivity contribution in [2.75, 3.05) is 17.1 Å². The van der Waals surface area contributed by atoms with Gasteiger partial charge in [0.1, 0.15) is 6.33 Å². The third kappa shape index (κ3) is 4.01. The van der Waals surface area contributed by atoms with Gasteiger partial charge in [-0.2, -0.15) is 15.2 Å². The number of fused-ring (bicyclic) bond motifs is 1. The summed E-state index contributed by atoms with van der Waals surface area (Å²) in [6.07, 6.45) is 8.54. The molecular weight excluding hydrogens is 354 g/mol. The fourth-order valence-electron chi connectivity index (χ4n) is 2.82. The third-order valence-electron chi connectivity index (χ3n) is 4.07. The van der Waals surface area contributed by atoms with E-state index >= 15 is 0 Å². The predicted molar refractivity (Wildman–Crippen MR) is 98.5 cm³/mol. The number of nitrogens with zero attached hydrogens (tertiary/aromatic N) is 7. The van der Waals surface area contributed by atoms with Gasteiger partial charge in [0.05, 0.1) is 6.26 Å². The molecule has 10 heteroatoms. The summed E-state index contributed by atoms with van der Waals surface area (Å²) in [6, 6.07) is 1.82. The lowest BCUT2D eigenvalue weighted by Crippen LogP contribution is -2.31. The first-order valence-electron chi connectivity index (χ1n) is 8.55. The molecule has 0 saturated carbocycles. The molecule has 0 aliphatic heterocycles. The van der Waals surface area contributed by atoms with Crippen LogP contribution in [0.3, 0.4) is 0 Å². The zero-order valence-corrected chi connectivity index (χ0v) is 16.0. The number of rotatable bonds is 8. The van der Waals surface area contributed by atoms with Crippen LogP contribution in [0.1, 0.15) is 31.0 Å². The lowest BCUT2D eigenvalue weighted by molar-refractivity contribution is 0.580.